The first-order valence-corrected chi connectivity index (χ1v) is 10.0. The number of carbonyl (C=O) groups is 1. The molecule has 164 valence electrons. The zero-order chi connectivity index (χ0) is 23.0. The Labute approximate surface area is 192 Å². The first kappa shape index (κ1) is 21.5. The maximum Gasteiger partial charge on any atom is 0.312 e. The van der Waals surface area contributed by atoms with Gasteiger partial charge in [-0.1, -0.05) is 11.6 Å². The van der Waals surface area contributed by atoms with Crippen LogP contribution in [0.25, 0.3) is 6.08 Å². The minimum atomic E-state index is -0.574. The number of benzene rings is 1. The van der Waals surface area contributed by atoms with Crippen molar-refractivity contribution in [1.82, 2.24) is 15.1 Å². The van der Waals surface area contributed by atoms with E-state index in [1.165, 1.54) is 29.2 Å². The van der Waals surface area contributed by atoms with Gasteiger partial charge in [0.05, 0.1) is 16.3 Å². The number of hydrogen-bond acceptors (Lipinski definition) is 7. The summed E-state index contributed by atoms with van der Waals surface area (Å²) in [5.41, 5.74) is 1.26. The van der Waals surface area contributed by atoms with Crippen molar-refractivity contribution >= 4 is 52.3 Å². The summed E-state index contributed by atoms with van der Waals surface area (Å²) in [6, 6.07) is 7.43. The third kappa shape index (κ3) is 4.20. The molecule has 10 nitrogen and oxygen atoms in total. The zero-order valence-electron chi connectivity index (χ0n) is 16.9. The maximum atomic E-state index is 12.9. The minimum absolute atomic E-state index is 0.0492. The summed E-state index contributed by atoms with van der Waals surface area (Å²) in [4.78, 5) is 24.8. The van der Waals surface area contributed by atoms with Crippen LogP contribution >= 0.6 is 23.8 Å². The number of nitro benzene ring substituents is 1. The minimum Gasteiger partial charge on any atom is -0.479 e. The van der Waals surface area contributed by atoms with Crippen LogP contribution in [0.15, 0.2) is 46.6 Å². The number of aryl methyl sites for hydroxylation is 2. The van der Waals surface area contributed by atoms with Gasteiger partial charge in [-0.15, -0.1) is 0 Å². The van der Waals surface area contributed by atoms with E-state index in [4.69, 9.17) is 33.0 Å². The van der Waals surface area contributed by atoms with Gasteiger partial charge < -0.3 is 14.5 Å². The van der Waals surface area contributed by atoms with E-state index in [0.717, 1.165) is 0 Å². The highest BCUT2D eigenvalue weighted by Crippen LogP contribution is 2.31. The molecule has 0 saturated carbocycles. The van der Waals surface area contributed by atoms with Crippen LogP contribution in [0.1, 0.15) is 17.2 Å². The number of ether oxygens (including phenoxy) is 1. The number of nitrogens with zero attached hydrogens (tertiary/aromatic N) is 4. The van der Waals surface area contributed by atoms with Crippen molar-refractivity contribution in [2.45, 2.75) is 13.5 Å². The molecule has 12 heteroatoms. The van der Waals surface area contributed by atoms with E-state index in [0.29, 0.717) is 22.9 Å². The van der Waals surface area contributed by atoms with Gasteiger partial charge in [-0.3, -0.25) is 19.6 Å². The molecule has 1 saturated heterocycles. The quantitative estimate of drug-likeness (QED) is 0.249. The van der Waals surface area contributed by atoms with E-state index < -0.39 is 4.92 Å². The van der Waals surface area contributed by atoms with Crippen LogP contribution in [0.3, 0.4) is 0 Å². The smallest absolute Gasteiger partial charge is 0.312 e. The lowest BCUT2D eigenvalue weighted by Crippen LogP contribution is -2.30. The van der Waals surface area contributed by atoms with Crippen molar-refractivity contribution in [2.24, 2.45) is 7.05 Å². The predicted molar refractivity (Wildman–Crippen MR) is 120 cm³/mol. The number of halogens is 1. The Morgan fingerprint density at radius 2 is 2.16 bits per heavy atom. The normalized spacial score (nSPS) is 14.8. The first-order valence-electron chi connectivity index (χ1n) is 9.26. The van der Waals surface area contributed by atoms with Gasteiger partial charge in [-0.25, -0.2) is 4.90 Å². The number of thiocarbonyl (C=S) groups is 1. The summed E-state index contributed by atoms with van der Waals surface area (Å²) in [5.74, 6) is 0.528. The molecule has 1 aromatic carbocycles. The van der Waals surface area contributed by atoms with Gasteiger partial charge in [0.1, 0.15) is 23.8 Å². The molecule has 3 heterocycles. The molecule has 4 rings (SSSR count). The molecule has 0 radical (unpaired) electrons. The molecule has 1 fully saturated rings. The number of furan rings is 1. The zero-order valence-corrected chi connectivity index (χ0v) is 18.4. The number of nitro groups is 1. The molecule has 3 aromatic rings. The molecule has 0 aliphatic carbocycles. The average molecular weight is 474 g/mol. The Kier molecular flexibility index (Phi) is 5.68. The van der Waals surface area contributed by atoms with Gasteiger partial charge in [0, 0.05) is 30.4 Å². The molecule has 2 aromatic heterocycles. The fourth-order valence-electron chi connectivity index (χ4n) is 3.16. The van der Waals surface area contributed by atoms with Crippen molar-refractivity contribution in [1.29, 1.82) is 0 Å². The number of anilines is 1. The van der Waals surface area contributed by atoms with Crippen LogP contribution in [0.2, 0.25) is 5.02 Å². The van der Waals surface area contributed by atoms with E-state index in [2.05, 4.69) is 10.4 Å². The molecule has 0 spiro atoms. The third-order valence-corrected chi connectivity index (χ3v) is 5.08. The summed E-state index contributed by atoms with van der Waals surface area (Å²) in [7, 11) is 1.76. The number of hydrogen-bond donors (Lipinski definition) is 1. The van der Waals surface area contributed by atoms with E-state index in [1.807, 2.05) is 0 Å². The third-order valence-electron chi connectivity index (χ3n) is 4.56. The largest absolute Gasteiger partial charge is 0.479 e. The van der Waals surface area contributed by atoms with Crippen LogP contribution in [0.4, 0.5) is 11.4 Å². The molecule has 0 unspecified atom stereocenters. The van der Waals surface area contributed by atoms with Gasteiger partial charge in [0.15, 0.2) is 10.9 Å². The lowest BCUT2D eigenvalue weighted by Gasteiger charge is -2.11. The second kappa shape index (κ2) is 8.44. The van der Waals surface area contributed by atoms with Gasteiger partial charge in [0.2, 0.25) is 0 Å². The Hall–Kier alpha value is -3.70. The molecule has 1 aliphatic heterocycles. The molecular formula is C20H16ClN5O5S. The molecule has 1 aliphatic rings. The summed E-state index contributed by atoms with van der Waals surface area (Å²) in [5, 5.41) is 18.8. The van der Waals surface area contributed by atoms with Gasteiger partial charge >= 0.3 is 5.69 Å². The number of aromatic nitrogens is 2. The van der Waals surface area contributed by atoms with Crippen molar-refractivity contribution < 1.29 is 18.9 Å². The Morgan fingerprint density at radius 1 is 1.38 bits per heavy atom. The maximum absolute atomic E-state index is 12.9. The highest BCUT2D eigenvalue weighted by Gasteiger charge is 2.34. The van der Waals surface area contributed by atoms with Crippen LogP contribution in [-0.2, 0) is 18.4 Å². The molecule has 0 atom stereocenters. The van der Waals surface area contributed by atoms with Crippen molar-refractivity contribution in [2.75, 3.05) is 4.90 Å². The van der Waals surface area contributed by atoms with Crippen LogP contribution < -0.4 is 15.0 Å². The Bertz CT molecular complexity index is 1280. The fraction of sp³-hybridized carbons (Fsp3) is 0.150. The van der Waals surface area contributed by atoms with Crippen molar-refractivity contribution in [3.8, 4) is 5.75 Å². The molecule has 1 amide bonds. The Morgan fingerprint density at radius 3 is 2.84 bits per heavy atom. The van der Waals surface area contributed by atoms with Crippen molar-refractivity contribution in [3.05, 3.63) is 74.6 Å². The Balaban J connectivity index is 1.49. The summed E-state index contributed by atoms with van der Waals surface area (Å²) >= 11 is 11.1. The lowest BCUT2D eigenvalue weighted by atomic mass is 10.3. The number of amides is 1. The standard InChI is InChI=1S/C20H16ClN5O5S/c1-11-17(9-24(2)23-11)25-19(27)15(22-20(25)32)8-13-4-5-14(31-13)10-30-18-6-3-12(21)7-16(18)26(28)29/h3-9H,10H2,1-2H3,(H,22,32)/b15-8+. The monoisotopic (exact) mass is 473 g/mol. The second-order valence-electron chi connectivity index (χ2n) is 6.86. The van der Waals surface area contributed by atoms with E-state index in [1.54, 1.807) is 37.0 Å². The van der Waals surface area contributed by atoms with E-state index in [9.17, 15) is 14.9 Å². The first-order chi connectivity index (χ1) is 15.2. The predicted octanol–water partition coefficient (Wildman–Crippen LogP) is 3.72. The van der Waals surface area contributed by atoms with Crippen LogP contribution in [0.5, 0.6) is 5.75 Å². The highest BCUT2D eigenvalue weighted by atomic mass is 35.5. The number of nitrogens with one attached hydrogen (secondary N) is 1. The number of rotatable bonds is 6. The summed E-state index contributed by atoms with van der Waals surface area (Å²) in [6.07, 6.45) is 3.23. The number of carbonyl (C=O) groups excluding carboxylic acids is 1. The highest BCUT2D eigenvalue weighted by molar-refractivity contribution is 7.80. The lowest BCUT2D eigenvalue weighted by molar-refractivity contribution is -0.385. The molecule has 32 heavy (non-hydrogen) atoms. The molecule has 1 N–H and O–H groups in total. The van der Waals surface area contributed by atoms with Gasteiger partial charge in [0.25, 0.3) is 5.91 Å². The van der Waals surface area contributed by atoms with Gasteiger partial charge in [-0.05, 0) is 43.4 Å². The molecule has 0 bridgehead atoms. The van der Waals surface area contributed by atoms with Crippen molar-refractivity contribution in [3.63, 3.8) is 0 Å². The van der Waals surface area contributed by atoms with E-state index in [-0.39, 0.29) is 39.8 Å². The summed E-state index contributed by atoms with van der Waals surface area (Å²) < 4.78 is 12.8. The molecular weight excluding hydrogens is 458 g/mol. The van der Waals surface area contributed by atoms with E-state index >= 15 is 0 Å². The fourth-order valence-corrected chi connectivity index (χ4v) is 3.61. The van der Waals surface area contributed by atoms with Crippen LogP contribution in [0, 0.1) is 17.0 Å². The summed E-state index contributed by atoms with van der Waals surface area (Å²) in [6.45, 7) is 1.74. The van der Waals surface area contributed by atoms with Gasteiger partial charge in [-0.2, -0.15) is 5.10 Å². The SMILES string of the molecule is Cc1nn(C)cc1N1C(=O)/C(=C\c2ccc(COc3ccc(Cl)cc3[N+](=O)[O-])o2)NC1=S. The van der Waals surface area contributed by atoms with Crippen LogP contribution in [-0.4, -0.2) is 25.7 Å². The topological polar surface area (TPSA) is 116 Å². The second-order valence-corrected chi connectivity index (χ2v) is 7.69. The average Bonchev–Trinajstić information content (AvgIpc) is 3.39.